The first-order valence-electron chi connectivity index (χ1n) is 10.3. The lowest BCUT2D eigenvalue weighted by Gasteiger charge is -2.07. The summed E-state index contributed by atoms with van der Waals surface area (Å²) in [5.41, 5.74) is 6.83. The van der Waals surface area contributed by atoms with E-state index >= 15 is 0 Å². The Hall–Kier alpha value is -4.24. The molecule has 0 N–H and O–H groups in total. The Kier molecular flexibility index (Phi) is 4.10. The van der Waals surface area contributed by atoms with E-state index < -0.39 is 0 Å². The second-order valence-electron chi connectivity index (χ2n) is 7.56. The summed E-state index contributed by atoms with van der Waals surface area (Å²) < 4.78 is 2.23. The maximum atomic E-state index is 4.60. The number of hydrogen-bond donors (Lipinski definition) is 0. The van der Waals surface area contributed by atoms with Crippen LogP contribution >= 0.6 is 0 Å². The molecule has 0 aliphatic heterocycles. The maximum absolute atomic E-state index is 4.60. The van der Waals surface area contributed by atoms with Crippen molar-refractivity contribution in [2.45, 2.75) is 0 Å². The van der Waals surface area contributed by atoms with Crippen LogP contribution in [-0.2, 0) is 0 Å². The van der Waals surface area contributed by atoms with Crippen LogP contribution in [0.15, 0.2) is 116 Å². The SMILES string of the molecule is c1ccc(-c2ccc(-c3ccc4c(c3)c3ccccc3n4-c3ccccn3)cc2)nc1. The van der Waals surface area contributed by atoms with Gasteiger partial charge in [0.2, 0.25) is 0 Å². The molecule has 3 heteroatoms. The van der Waals surface area contributed by atoms with Gasteiger partial charge in [-0.3, -0.25) is 9.55 Å². The zero-order valence-corrected chi connectivity index (χ0v) is 16.8. The molecule has 146 valence electrons. The summed E-state index contributed by atoms with van der Waals surface area (Å²) in [7, 11) is 0. The Morgan fingerprint density at radius 3 is 1.94 bits per heavy atom. The fraction of sp³-hybridized carbons (Fsp3) is 0. The molecule has 0 amide bonds. The molecule has 3 aromatic carbocycles. The van der Waals surface area contributed by atoms with E-state index in [0.717, 1.165) is 22.6 Å². The third kappa shape index (κ3) is 2.99. The average Bonchev–Trinajstić information content (AvgIpc) is 3.19. The van der Waals surface area contributed by atoms with E-state index in [2.05, 4.69) is 87.3 Å². The van der Waals surface area contributed by atoms with Crippen LogP contribution in [0.2, 0.25) is 0 Å². The Labute approximate surface area is 180 Å². The van der Waals surface area contributed by atoms with Gasteiger partial charge >= 0.3 is 0 Å². The molecule has 3 heterocycles. The molecule has 0 aliphatic carbocycles. The largest absolute Gasteiger partial charge is 0.294 e. The molecule has 6 rings (SSSR count). The van der Waals surface area contributed by atoms with Gasteiger partial charge in [-0.2, -0.15) is 0 Å². The molecule has 0 saturated carbocycles. The van der Waals surface area contributed by atoms with Crippen molar-refractivity contribution in [1.29, 1.82) is 0 Å². The summed E-state index contributed by atoms with van der Waals surface area (Å²) in [6.45, 7) is 0. The van der Waals surface area contributed by atoms with Crippen LogP contribution in [0, 0.1) is 0 Å². The molecule has 0 saturated heterocycles. The van der Waals surface area contributed by atoms with Gasteiger partial charge in [-0.15, -0.1) is 0 Å². The number of benzene rings is 3. The normalized spacial score (nSPS) is 11.2. The topological polar surface area (TPSA) is 30.7 Å². The van der Waals surface area contributed by atoms with Crippen molar-refractivity contribution in [3.63, 3.8) is 0 Å². The first kappa shape index (κ1) is 17.6. The average molecular weight is 397 g/mol. The summed E-state index contributed by atoms with van der Waals surface area (Å²) in [4.78, 5) is 9.05. The smallest absolute Gasteiger partial charge is 0.137 e. The summed E-state index contributed by atoms with van der Waals surface area (Å²) in [6.07, 6.45) is 3.67. The molecule has 0 spiro atoms. The molecule has 31 heavy (non-hydrogen) atoms. The summed E-state index contributed by atoms with van der Waals surface area (Å²) in [5, 5.41) is 2.46. The van der Waals surface area contributed by atoms with E-state index in [1.54, 1.807) is 0 Å². The highest BCUT2D eigenvalue weighted by Crippen LogP contribution is 2.34. The third-order valence-electron chi connectivity index (χ3n) is 5.73. The fourth-order valence-electron chi connectivity index (χ4n) is 4.25. The Morgan fingerprint density at radius 1 is 0.484 bits per heavy atom. The maximum Gasteiger partial charge on any atom is 0.137 e. The van der Waals surface area contributed by atoms with Crippen molar-refractivity contribution in [3.05, 3.63) is 116 Å². The van der Waals surface area contributed by atoms with Crippen molar-refractivity contribution in [1.82, 2.24) is 14.5 Å². The number of rotatable bonds is 3. The molecule has 6 aromatic rings. The lowest BCUT2D eigenvalue weighted by atomic mass is 10.0. The van der Waals surface area contributed by atoms with Gasteiger partial charge in [0.1, 0.15) is 5.82 Å². The van der Waals surface area contributed by atoms with Crippen LogP contribution < -0.4 is 0 Å². The van der Waals surface area contributed by atoms with Crippen molar-refractivity contribution in [3.8, 4) is 28.2 Å². The fourth-order valence-corrected chi connectivity index (χ4v) is 4.25. The minimum Gasteiger partial charge on any atom is -0.294 e. The van der Waals surface area contributed by atoms with Crippen LogP contribution in [-0.4, -0.2) is 14.5 Å². The summed E-state index contributed by atoms with van der Waals surface area (Å²) >= 11 is 0. The quantitative estimate of drug-likeness (QED) is 0.325. The number of para-hydroxylation sites is 1. The highest BCUT2D eigenvalue weighted by Gasteiger charge is 2.13. The van der Waals surface area contributed by atoms with Gasteiger partial charge in [-0.25, -0.2) is 4.98 Å². The molecule has 0 radical (unpaired) electrons. The van der Waals surface area contributed by atoms with E-state index in [9.17, 15) is 0 Å². The molecule has 0 aliphatic rings. The van der Waals surface area contributed by atoms with Crippen LogP contribution in [0.25, 0.3) is 50.0 Å². The predicted octanol–water partition coefficient (Wildman–Crippen LogP) is 6.91. The lowest BCUT2D eigenvalue weighted by Crippen LogP contribution is -1.96. The second kappa shape index (κ2) is 7.22. The summed E-state index contributed by atoms with van der Waals surface area (Å²) in [6, 6.07) is 35.8. The van der Waals surface area contributed by atoms with Gasteiger partial charge in [0, 0.05) is 28.7 Å². The van der Waals surface area contributed by atoms with Crippen molar-refractivity contribution in [2.75, 3.05) is 0 Å². The molecule has 3 aromatic heterocycles. The lowest BCUT2D eigenvalue weighted by molar-refractivity contribution is 1.08. The highest BCUT2D eigenvalue weighted by atomic mass is 15.1. The Morgan fingerprint density at radius 2 is 1.16 bits per heavy atom. The van der Waals surface area contributed by atoms with Gasteiger partial charge in [0.05, 0.1) is 16.7 Å². The third-order valence-corrected chi connectivity index (χ3v) is 5.73. The molecular formula is C28H19N3. The van der Waals surface area contributed by atoms with Crippen molar-refractivity contribution in [2.24, 2.45) is 0 Å². The van der Waals surface area contributed by atoms with Crippen LogP contribution in [0.4, 0.5) is 0 Å². The summed E-state index contributed by atoms with van der Waals surface area (Å²) in [5.74, 6) is 0.932. The van der Waals surface area contributed by atoms with Gasteiger partial charge < -0.3 is 0 Å². The van der Waals surface area contributed by atoms with E-state index in [1.807, 2.05) is 42.7 Å². The van der Waals surface area contributed by atoms with Crippen molar-refractivity contribution < 1.29 is 0 Å². The second-order valence-corrected chi connectivity index (χ2v) is 7.56. The first-order valence-corrected chi connectivity index (χ1v) is 10.3. The van der Waals surface area contributed by atoms with Gasteiger partial charge in [-0.05, 0) is 53.6 Å². The number of nitrogens with zero attached hydrogens (tertiary/aromatic N) is 3. The van der Waals surface area contributed by atoms with E-state index in [-0.39, 0.29) is 0 Å². The van der Waals surface area contributed by atoms with Crippen LogP contribution in [0.5, 0.6) is 0 Å². The number of fused-ring (bicyclic) bond motifs is 3. The minimum absolute atomic E-state index is 0.932. The zero-order valence-electron chi connectivity index (χ0n) is 16.8. The van der Waals surface area contributed by atoms with Crippen molar-refractivity contribution >= 4 is 21.8 Å². The standard InChI is InChI=1S/C28H19N3/c1-2-9-26-23(7-1)24-19-22(15-16-27(24)31(26)28-10-4-6-18-30-28)20-11-13-21(14-12-20)25-8-3-5-17-29-25/h1-19H. The number of hydrogen-bond acceptors (Lipinski definition) is 2. The Bertz CT molecular complexity index is 1500. The highest BCUT2D eigenvalue weighted by molar-refractivity contribution is 6.10. The molecule has 3 nitrogen and oxygen atoms in total. The van der Waals surface area contributed by atoms with Gasteiger partial charge in [0.25, 0.3) is 0 Å². The number of pyridine rings is 2. The van der Waals surface area contributed by atoms with E-state index in [1.165, 1.54) is 27.4 Å². The molecule has 0 unspecified atom stereocenters. The molecular weight excluding hydrogens is 378 g/mol. The van der Waals surface area contributed by atoms with Gasteiger partial charge in [-0.1, -0.05) is 60.7 Å². The van der Waals surface area contributed by atoms with Crippen LogP contribution in [0.3, 0.4) is 0 Å². The van der Waals surface area contributed by atoms with E-state index in [0.29, 0.717) is 0 Å². The van der Waals surface area contributed by atoms with Crippen LogP contribution in [0.1, 0.15) is 0 Å². The minimum atomic E-state index is 0.932. The zero-order chi connectivity index (χ0) is 20.6. The first-order chi connectivity index (χ1) is 15.4. The molecule has 0 fully saturated rings. The molecule has 0 atom stereocenters. The number of aromatic nitrogens is 3. The Balaban J connectivity index is 1.50. The van der Waals surface area contributed by atoms with E-state index in [4.69, 9.17) is 0 Å². The van der Waals surface area contributed by atoms with Gasteiger partial charge in [0.15, 0.2) is 0 Å². The molecule has 0 bridgehead atoms. The monoisotopic (exact) mass is 397 g/mol. The predicted molar refractivity (Wildman–Crippen MR) is 127 cm³/mol.